The first-order valence-electron chi connectivity index (χ1n) is 3.03. The maximum Gasteiger partial charge on any atom is 0.230 e. The zero-order valence-electron chi connectivity index (χ0n) is 5.73. The molecule has 0 aromatic rings. The third-order valence-electron chi connectivity index (χ3n) is 1.42. The van der Waals surface area contributed by atoms with Gasteiger partial charge in [0.15, 0.2) is 0 Å². The van der Waals surface area contributed by atoms with Gasteiger partial charge in [0, 0.05) is 0 Å². The molecule has 0 bridgehead atoms. The van der Waals surface area contributed by atoms with E-state index in [-0.39, 0.29) is 9.83 Å². The predicted octanol–water partition coefficient (Wildman–Crippen LogP) is 1.32. The van der Waals surface area contributed by atoms with Crippen LogP contribution in [0.25, 0.3) is 0 Å². The Balaban J connectivity index is 3.72. The molecule has 0 aliphatic heterocycles. The summed E-state index contributed by atoms with van der Waals surface area (Å²) in [7, 11) is 0. The zero-order chi connectivity index (χ0) is 7.44. The molecule has 0 spiro atoms. The predicted molar refractivity (Wildman–Crippen MR) is 46.5 cm³/mol. The summed E-state index contributed by atoms with van der Waals surface area (Å²) < 4.78 is -0.00685. The molecule has 54 valence electrons. The molecule has 2 N–H and O–H groups in total. The van der Waals surface area contributed by atoms with Gasteiger partial charge in [-0.05, 0) is 5.92 Å². The first kappa shape index (κ1) is 9.20. The number of halogens is 1. The van der Waals surface area contributed by atoms with Crippen molar-refractivity contribution in [2.45, 2.75) is 24.2 Å². The Morgan fingerprint density at radius 1 is 1.78 bits per heavy atom. The normalized spacial score (nSPS) is 16.8. The lowest BCUT2D eigenvalue weighted by atomic mass is 10.1. The molecule has 0 aliphatic rings. The van der Waals surface area contributed by atoms with Crippen LogP contribution in [0.15, 0.2) is 0 Å². The van der Waals surface area contributed by atoms with Gasteiger partial charge < -0.3 is 5.73 Å². The van der Waals surface area contributed by atoms with E-state index >= 15 is 0 Å². The summed E-state index contributed by atoms with van der Waals surface area (Å²) in [4.78, 5) is 10.5. The smallest absolute Gasteiger partial charge is 0.230 e. The molecule has 0 heterocycles. The van der Waals surface area contributed by atoms with Crippen LogP contribution in [-0.2, 0) is 4.79 Å². The lowest BCUT2D eigenvalue weighted by Crippen LogP contribution is -2.28. The van der Waals surface area contributed by atoms with Gasteiger partial charge in [0.25, 0.3) is 0 Å². The van der Waals surface area contributed by atoms with Crippen LogP contribution in [0, 0.1) is 5.92 Å². The van der Waals surface area contributed by atoms with Gasteiger partial charge in [0.05, 0.1) is 3.92 Å². The fourth-order valence-electron chi connectivity index (χ4n) is 0.487. The molecular weight excluding hydrogens is 229 g/mol. The largest absolute Gasteiger partial charge is 0.369 e. The quantitative estimate of drug-likeness (QED) is 0.587. The van der Waals surface area contributed by atoms with Crippen LogP contribution in [0.5, 0.6) is 0 Å². The number of carbonyl (C=O) groups excluding carboxylic acids is 1. The number of rotatable bonds is 3. The summed E-state index contributed by atoms with van der Waals surface area (Å²) in [5.74, 6) is 0.202. The van der Waals surface area contributed by atoms with Gasteiger partial charge >= 0.3 is 0 Å². The topological polar surface area (TPSA) is 43.1 Å². The maximum atomic E-state index is 10.5. The number of nitrogens with two attached hydrogens (primary N) is 1. The monoisotopic (exact) mass is 241 g/mol. The molecule has 0 saturated heterocycles. The van der Waals surface area contributed by atoms with E-state index < -0.39 is 0 Å². The van der Waals surface area contributed by atoms with Crippen LogP contribution in [-0.4, -0.2) is 9.83 Å². The molecule has 0 aromatic heterocycles. The van der Waals surface area contributed by atoms with Crippen molar-refractivity contribution in [1.29, 1.82) is 0 Å². The molecule has 1 unspecified atom stereocenters. The average Bonchev–Trinajstić information content (AvgIpc) is 1.84. The number of primary amides is 1. The Labute approximate surface area is 69.3 Å². The summed E-state index contributed by atoms with van der Waals surface area (Å²) in [5.41, 5.74) is 5.07. The fourth-order valence-corrected chi connectivity index (χ4v) is 0.996. The third-order valence-corrected chi connectivity index (χ3v) is 3.26. The van der Waals surface area contributed by atoms with E-state index in [1.165, 1.54) is 0 Å². The Bertz CT molecular complexity index is 105. The van der Waals surface area contributed by atoms with Crippen molar-refractivity contribution in [3.8, 4) is 0 Å². The molecule has 9 heavy (non-hydrogen) atoms. The second-order valence-electron chi connectivity index (χ2n) is 2.19. The molecular formula is C6H12INO. The molecule has 0 aliphatic carbocycles. The number of hydrogen-bond donors (Lipinski definition) is 1. The van der Waals surface area contributed by atoms with Crippen LogP contribution in [0.1, 0.15) is 20.3 Å². The summed E-state index contributed by atoms with van der Waals surface area (Å²) >= 11 is 2.08. The lowest BCUT2D eigenvalue weighted by Gasteiger charge is -2.11. The van der Waals surface area contributed by atoms with Crippen LogP contribution in [0.2, 0.25) is 0 Å². The summed E-state index contributed by atoms with van der Waals surface area (Å²) in [6.45, 7) is 4.08. The minimum atomic E-state index is -0.204. The van der Waals surface area contributed by atoms with Crippen molar-refractivity contribution >= 4 is 28.5 Å². The molecule has 0 fully saturated rings. The van der Waals surface area contributed by atoms with E-state index in [9.17, 15) is 4.79 Å². The van der Waals surface area contributed by atoms with E-state index in [1.54, 1.807) is 0 Å². The standard InChI is InChI=1S/C6H12INO/c1-3-4(2)5(7)6(8)9/h4-5H,3H2,1-2H3,(H2,8,9)/t4-,5?/m1/s1. The highest BCUT2D eigenvalue weighted by Gasteiger charge is 2.16. The van der Waals surface area contributed by atoms with Crippen LogP contribution < -0.4 is 5.73 Å². The Morgan fingerprint density at radius 3 is 2.33 bits per heavy atom. The van der Waals surface area contributed by atoms with E-state index in [2.05, 4.69) is 29.5 Å². The maximum absolute atomic E-state index is 10.5. The van der Waals surface area contributed by atoms with Gasteiger partial charge in [-0.15, -0.1) is 0 Å². The SMILES string of the molecule is CC[C@@H](C)C(I)C(N)=O. The highest BCUT2D eigenvalue weighted by molar-refractivity contribution is 14.1. The first-order valence-corrected chi connectivity index (χ1v) is 4.27. The number of alkyl halides is 1. The van der Waals surface area contributed by atoms with Gasteiger partial charge in [-0.2, -0.15) is 0 Å². The molecule has 2 nitrogen and oxygen atoms in total. The first-order chi connectivity index (χ1) is 4.09. The minimum Gasteiger partial charge on any atom is -0.369 e. The highest BCUT2D eigenvalue weighted by Crippen LogP contribution is 2.15. The summed E-state index contributed by atoms with van der Waals surface area (Å²) in [5, 5.41) is 0. The van der Waals surface area contributed by atoms with Crippen molar-refractivity contribution in [3.05, 3.63) is 0 Å². The summed E-state index contributed by atoms with van der Waals surface area (Å²) in [6.07, 6.45) is 1.01. The van der Waals surface area contributed by atoms with Crippen molar-refractivity contribution in [2.24, 2.45) is 11.7 Å². The zero-order valence-corrected chi connectivity index (χ0v) is 7.88. The Hall–Kier alpha value is 0.200. The Kier molecular flexibility index (Phi) is 4.18. The van der Waals surface area contributed by atoms with E-state index in [4.69, 9.17) is 5.73 Å². The number of amides is 1. The molecule has 0 saturated carbocycles. The molecule has 0 radical (unpaired) electrons. The van der Waals surface area contributed by atoms with Gasteiger partial charge in [-0.1, -0.05) is 42.9 Å². The van der Waals surface area contributed by atoms with Gasteiger partial charge in [0.1, 0.15) is 0 Å². The van der Waals surface area contributed by atoms with Gasteiger partial charge in [0.2, 0.25) is 5.91 Å². The van der Waals surface area contributed by atoms with Gasteiger partial charge in [-0.25, -0.2) is 0 Å². The Morgan fingerprint density at radius 2 is 2.22 bits per heavy atom. The third kappa shape index (κ3) is 3.03. The molecule has 1 amide bonds. The molecule has 2 atom stereocenters. The van der Waals surface area contributed by atoms with E-state index in [0.717, 1.165) is 6.42 Å². The second-order valence-corrected chi connectivity index (χ2v) is 3.53. The number of hydrogen-bond acceptors (Lipinski definition) is 1. The van der Waals surface area contributed by atoms with Crippen LogP contribution in [0.4, 0.5) is 0 Å². The fraction of sp³-hybridized carbons (Fsp3) is 0.833. The van der Waals surface area contributed by atoms with Crippen LogP contribution >= 0.6 is 22.6 Å². The van der Waals surface area contributed by atoms with E-state index in [0.29, 0.717) is 5.92 Å². The van der Waals surface area contributed by atoms with Crippen molar-refractivity contribution in [1.82, 2.24) is 0 Å². The van der Waals surface area contributed by atoms with Crippen molar-refractivity contribution in [3.63, 3.8) is 0 Å². The molecule has 0 rings (SSSR count). The molecule has 0 aromatic carbocycles. The second kappa shape index (κ2) is 4.09. The van der Waals surface area contributed by atoms with Crippen LogP contribution in [0.3, 0.4) is 0 Å². The summed E-state index contributed by atoms with van der Waals surface area (Å²) in [6, 6.07) is 0. The molecule has 3 heteroatoms. The van der Waals surface area contributed by atoms with E-state index in [1.807, 2.05) is 6.92 Å². The van der Waals surface area contributed by atoms with Crippen molar-refractivity contribution < 1.29 is 4.79 Å². The number of carbonyl (C=O) groups is 1. The minimum absolute atomic E-state index is 0.00685. The average molecular weight is 241 g/mol. The highest BCUT2D eigenvalue weighted by atomic mass is 127. The lowest BCUT2D eigenvalue weighted by molar-refractivity contribution is -0.117. The van der Waals surface area contributed by atoms with Gasteiger partial charge in [-0.3, -0.25) is 4.79 Å². The van der Waals surface area contributed by atoms with Crippen molar-refractivity contribution in [2.75, 3.05) is 0 Å².